The Balaban J connectivity index is 2.77. The number of likely N-dealkylation sites (N-methyl/N-ethyl adjacent to an activating group) is 1. The second-order valence-electron chi connectivity index (χ2n) is 4.93. The first kappa shape index (κ1) is 15.2. The number of rotatable bonds is 8. The van der Waals surface area contributed by atoms with Crippen LogP contribution in [0, 0.1) is 5.92 Å². The molecule has 0 radical (unpaired) electrons. The quantitative estimate of drug-likeness (QED) is 0.763. The number of nitrogens with zero attached hydrogens (tertiary/aromatic N) is 1. The molecule has 0 aliphatic heterocycles. The van der Waals surface area contributed by atoms with Crippen LogP contribution in [0.25, 0.3) is 0 Å². The maximum absolute atomic E-state index is 6.00. The lowest BCUT2D eigenvalue weighted by atomic mass is 9.99. The molecule has 1 atom stereocenters. The molecule has 18 heavy (non-hydrogen) atoms. The highest BCUT2D eigenvalue weighted by Gasteiger charge is 2.19. The molecule has 1 rings (SSSR count). The minimum Gasteiger partial charge on any atom is -0.329 e. The van der Waals surface area contributed by atoms with Gasteiger partial charge in [-0.3, -0.25) is 4.90 Å². The van der Waals surface area contributed by atoms with E-state index in [9.17, 15) is 0 Å². The van der Waals surface area contributed by atoms with Gasteiger partial charge in [0.15, 0.2) is 0 Å². The van der Waals surface area contributed by atoms with E-state index in [1.807, 2.05) is 0 Å². The third-order valence-corrected chi connectivity index (χ3v) is 3.90. The average molecular weight is 248 g/mol. The van der Waals surface area contributed by atoms with Gasteiger partial charge in [-0.05, 0) is 18.0 Å². The summed E-state index contributed by atoms with van der Waals surface area (Å²) in [5.74, 6) is 0.780. The molecular formula is C16H28N2. The molecule has 1 aromatic rings. The maximum atomic E-state index is 6.00. The fraction of sp³-hybridized carbons (Fsp3) is 0.625. The van der Waals surface area contributed by atoms with Crippen molar-refractivity contribution in [2.45, 2.75) is 39.7 Å². The largest absolute Gasteiger partial charge is 0.329 e. The summed E-state index contributed by atoms with van der Waals surface area (Å²) in [5.41, 5.74) is 7.34. The highest BCUT2D eigenvalue weighted by atomic mass is 15.2. The molecule has 2 N–H and O–H groups in total. The minimum atomic E-state index is 0.358. The lowest BCUT2D eigenvalue weighted by Crippen LogP contribution is -2.37. The molecular weight excluding hydrogens is 220 g/mol. The number of hydrogen-bond acceptors (Lipinski definition) is 2. The van der Waals surface area contributed by atoms with Crippen molar-refractivity contribution < 1.29 is 0 Å². The molecule has 0 aromatic heterocycles. The van der Waals surface area contributed by atoms with Crippen LogP contribution in [0.3, 0.4) is 0 Å². The van der Waals surface area contributed by atoms with E-state index in [1.54, 1.807) is 0 Å². The Morgan fingerprint density at radius 2 is 1.67 bits per heavy atom. The maximum Gasteiger partial charge on any atom is 0.0470 e. The number of benzene rings is 1. The Labute approximate surface area is 112 Å². The summed E-state index contributed by atoms with van der Waals surface area (Å²) in [6.45, 7) is 9.70. The average Bonchev–Trinajstić information content (AvgIpc) is 2.44. The van der Waals surface area contributed by atoms with Crippen LogP contribution in [0.2, 0.25) is 0 Å². The van der Waals surface area contributed by atoms with Crippen LogP contribution in [0.1, 0.15) is 45.2 Å². The van der Waals surface area contributed by atoms with Gasteiger partial charge in [0, 0.05) is 19.1 Å². The molecule has 2 nitrogen and oxygen atoms in total. The minimum absolute atomic E-state index is 0.358. The molecule has 1 unspecified atom stereocenters. The van der Waals surface area contributed by atoms with E-state index in [1.165, 1.54) is 18.4 Å². The van der Waals surface area contributed by atoms with Crippen LogP contribution in [-0.4, -0.2) is 24.5 Å². The third-order valence-electron chi connectivity index (χ3n) is 3.90. The zero-order valence-corrected chi connectivity index (χ0v) is 12.1. The Bertz CT molecular complexity index is 306. The van der Waals surface area contributed by atoms with Gasteiger partial charge in [-0.15, -0.1) is 0 Å². The standard InChI is InChI=1S/C16H28N2/c1-4-14(5-2)13-18(6-3)16(12-17)15-10-8-7-9-11-15/h7-11,14,16H,4-6,12-13,17H2,1-3H3. The van der Waals surface area contributed by atoms with Crippen LogP contribution >= 0.6 is 0 Å². The number of nitrogens with two attached hydrogens (primary N) is 1. The first-order chi connectivity index (χ1) is 8.76. The van der Waals surface area contributed by atoms with Crippen LogP contribution in [0.15, 0.2) is 30.3 Å². The van der Waals surface area contributed by atoms with E-state index in [0.29, 0.717) is 12.6 Å². The van der Waals surface area contributed by atoms with E-state index in [0.717, 1.165) is 19.0 Å². The lowest BCUT2D eigenvalue weighted by molar-refractivity contribution is 0.174. The summed E-state index contributed by atoms with van der Waals surface area (Å²) in [5, 5.41) is 0. The second-order valence-corrected chi connectivity index (χ2v) is 4.93. The van der Waals surface area contributed by atoms with Gasteiger partial charge >= 0.3 is 0 Å². The normalized spacial score (nSPS) is 13.2. The van der Waals surface area contributed by atoms with Gasteiger partial charge in [0.05, 0.1) is 0 Å². The molecule has 2 heteroatoms. The molecule has 0 heterocycles. The first-order valence-electron chi connectivity index (χ1n) is 7.25. The first-order valence-corrected chi connectivity index (χ1v) is 7.25. The third kappa shape index (κ3) is 4.11. The molecule has 0 fully saturated rings. The molecule has 0 bridgehead atoms. The molecule has 1 aromatic carbocycles. The summed E-state index contributed by atoms with van der Waals surface area (Å²) in [6.07, 6.45) is 2.50. The predicted molar refractivity (Wildman–Crippen MR) is 79.6 cm³/mol. The highest BCUT2D eigenvalue weighted by molar-refractivity contribution is 5.19. The van der Waals surface area contributed by atoms with E-state index in [4.69, 9.17) is 5.73 Å². The Morgan fingerprint density at radius 1 is 1.06 bits per heavy atom. The number of hydrogen-bond donors (Lipinski definition) is 1. The Morgan fingerprint density at radius 3 is 2.11 bits per heavy atom. The molecule has 0 aliphatic rings. The fourth-order valence-corrected chi connectivity index (χ4v) is 2.53. The van der Waals surface area contributed by atoms with Gasteiger partial charge in [-0.25, -0.2) is 0 Å². The SMILES string of the molecule is CCC(CC)CN(CC)C(CN)c1ccccc1. The smallest absolute Gasteiger partial charge is 0.0470 e. The van der Waals surface area contributed by atoms with Crippen molar-refractivity contribution in [3.05, 3.63) is 35.9 Å². The summed E-state index contributed by atoms with van der Waals surface area (Å²) in [4.78, 5) is 2.52. The van der Waals surface area contributed by atoms with Crippen molar-refractivity contribution in [2.24, 2.45) is 11.7 Å². The van der Waals surface area contributed by atoms with Crippen molar-refractivity contribution in [2.75, 3.05) is 19.6 Å². The lowest BCUT2D eigenvalue weighted by Gasteiger charge is -2.33. The second kappa shape index (κ2) is 8.28. The van der Waals surface area contributed by atoms with Crippen molar-refractivity contribution in [3.63, 3.8) is 0 Å². The van der Waals surface area contributed by atoms with E-state index >= 15 is 0 Å². The van der Waals surface area contributed by atoms with Gasteiger partial charge in [-0.2, -0.15) is 0 Å². The van der Waals surface area contributed by atoms with Gasteiger partial charge < -0.3 is 5.73 Å². The summed E-state index contributed by atoms with van der Waals surface area (Å²) >= 11 is 0. The van der Waals surface area contributed by atoms with Crippen LogP contribution in [0.5, 0.6) is 0 Å². The fourth-order valence-electron chi connectivity index (χ4n) is 2.53. The summed E-state index contributed by atoms with van der Waals surface area (Å²) in [7, 11) is 0. The zero-order valence-electron chi connectivity index (χ0n) is 12.1. The van der Waals surface area contributed by atoms with Crippen LogP contribution < -0.4 is 5.73 Å². The molecule has 0 saturated carbocycles. The van der Waals surface area contributed by atoms with Crippen molar-refractivity contribution in [1.29, 1.82) is 0 Å². The molecule has 0 spiro atoms. The molecule has 0 saturated heterocycles. The van der Waals surface area contributed by atoms with Gasteiger partial charge in [0.1, 0.15) is 0 Å². The molecule has 0 amide bonds. The predicted octanol–water partition coefficient (Wildman–Crippen LogP) is 3.44. The van der Waals surface area contributed by atoms with Gasteiger partial charge in [-0.1, -0.05) is 63.9 Å². The summed E-state index contributed by atoms with van der Waals surface area (Å²) < 4.78 is 0. The van der Waals surface area contributed by atoms with Crippen molar-refractivity contribution in [1.82, 2.24) is 4.90 Å². The Hall–Kier alpha value is -0.860. The highest BCUT2D eigenvalue weighted by Crippen LogP contribution is 2.22. The summed E-state index contributed by atoms with van der Waals surface area (Å²) in [6, 6.07) is 11.0. The van der Waals surface area contributed by atoms with Gasteiger partial charge in [0.2, 0.25) is 0 Å². The zero-order chi connectivity index (χ0) is 13.4. The van der Waals surface area contributed by atoms with E-state index in [-0.39, 0.29) is 0 Å². The molecule has 102 valence electrons. The van der Waals surface area contributed by atoms with E-state index < -0.39 is 0 Å². The van der Waals surface area contributed by atoms with Gasteiger partial charge in [0.25, 0.3) is 0 Å². The van der Waals surface area contributed by atoms with Crippen molar-refractivity contribution >= 4 is 0 Å². The van der Waals surface area contributed by atoms with E-state index in [2.05, 4.69) is 56.0 Å². The monoisotopic (exact) mass is 248 g/mol. The van der Waals surface area contributed by atoms with Crippen LogP contribution in [0.4, 0.5) is 0 Å². The molecule has 0 aliphatic carbocycles. The van der Waals surface area contributed by atoms with Crippen molar-refractivity contribution in [3.8, 4) is 0 Å². The Kier molecular flexibility index (Phi) is 6.99. The topological polar surface area (TPSA) is 29.3 Å². The van der Waals surface area contributed by atoms with Crippen LogP contribution in [-0.2, 0) is 0 Å².